The molecule has 0 saturated carbocycles. The number of halogens is 1. The molecule has 0 atom stereocenters. The van der Waals surface area contributed by atoms with E-state index in [1.54, 1.807) is 0 Å². The van der Waals surface area contributed by atoms with Gasteiger partial charge in [0.1, 0.15) is 17.1 Å². The van der Waals surface area contributed by atoms with Crippen LogP contribution >= 0.6 is 11.6 Å². The summed E-state index contributed by atoms with van der Waals surface area (Å²) in [5.74, 6) is 1.08. The van der Waals surface area contributed by atoms with E-state index in [2.05, 4.69) is 32.3 Å². The number of aromatic nitrogens is 2. The average molecular weight is 291 g/mol. The lowest BCUT2D eigenvalue weighted by atomic mass is 10.2. The first-order valence-electron chi connectivity index (χ1n) is 6.52. The minimum absolute atomic E-state index is 0.372. The first-order chi connectivity index (χ1) is 9.83. The molecule has 0 bridgehead atoms. The zero-order chi connectivity index (χ0) is 13.8. The molecule has 0 spiro atoms. The Labute approximate surface area is 122 Å². The van der Waals surface area contributed by atoms with Crippen LogP contribution in [0.5, 0.6) is 11.6 Å². The van der Waals surface area contributed by atoms with Crippen LogP contribution in [0.4, 0.5) is 5.69 Å². The number of hydrogen-bond donors (Lipinski definition) is 1. The number of benzene rings is 1. The second-order valence-electron chi connectivity index (χ2n) is 4.51. The molecule has 3 rings (SSSR count). The number of piperazine rings is 1. The van der Waals surface area contributed by atoms with E-state index in [0.29, 0.717) is 16.7 Å². The molecule has 1 N–H and O–H groups in total. The molecular weight excluding hydrogens is 276 g/mol. The largest absolute Gasteiger partial charge is 0.437 e. The van der Waals surface area contributed by atoms with Gasteiger partial charge in [0.25, 0.3) is 0 Å². The molecule has 1 aliphatic rings. The third kappa shape index (κ3) is 3.00. The maximum Gasteiger partial charge on any atom is 0.241 e. The van der Waals surface area contributed by atoms with Gasteiger partial charge in [-0.1, -0.05) is 11.6 Å². The highest BCUT2D eigenvalue weighted by Gasteiger charge is 2.10. The summed E-state index contributed by atoms with van der Waals surface area (Å²) < 4.78 is 5.64. The van der Waals surface area contributed by atoms with Crippen LogP contribution in [0.15, 0.2) is 36.8 Å². The molecule has 1 aromatic heterocycles. The number of nitrogens with one attached hydrogen (secondary N) is 1. The summed E-state index contributed by atoms with van der Waals surface area (Å²) in [6.07, 6.45) is 2.93. The molecular formula is C14H15ClN4O. The van der Waals surface area contributed by atoms with Crippen molar-refractivity contribution in [2.45, 2.75) is 0 Å². The molecule has 104 valence electrons. The molecule has 1 saturated heterocycles. The standard InChI is InChI=1S/C14H15ClN4O/c15-13-9-17-10-18-14(13)20-12-3-1-11(2-4-12)19-7-5-16-6-8-19/h1-4,9-10,16H,5-8H2. The number of hydrogen-bond acceptors (Lipinski definition) is 5. The zero-order valence-corrected chi connectivity index (χ0v) is 11.7. The molecule has 20 heavy (non-hydrogen) atoms. The Hall–Kier alpha value is -1.85. The smallest absolute Gasteiger partial charge is 0.241 e. The van der Waals surface area contributed by atoms with Crippen LogP contribution in [0.1, 0.15) is 0 Å². The third-order valence-electron chi connectivity index (χ3n) is 3.17. The lowest BCUT2D eigenvalue weighted by Crippen LogP contribution is -2.43. The normalized spacial score (nSPS) is 15.2. The van der Waals surface area contributed by atoms with E-state index >= 15 is 0 Å². The molecule has 1 fully saturated rings. The van der Waals surface area contributed by atoms with Gasteiger partial charge < -0.3 is 15.0 Å². The molecule has 2 aromatic rings. The van der Waals surface area contributed by atoms with E-state index in [0.717, 1.165) is 26.2 Å². The lowest BCUT2D eigenvalue weighted by Gasteiger charge is -2.29. The fraction of sp³-hybridized carbons (Fsp3) is 0.286. The van der Waals surface area contributed by atoms with Crippen molar-refractivity contribution in [2.75, 3.05) is 31.1 Å². The minimum Gasteiger partial charge on any atom is -0.437 e. The summed E-state index contributed by atoms with van der Waals surface area (Å²) in [6, 6.07) is 7.96. The lowest BCUT2D eigenvalue weighted by molar-refractivity contribution is 0.461. The molecule has 0 unspecified atom stereocenters. The fourth-order valence-corrected chi connectivity index (χ4v) is 2.28. The van der Waals surface area contributed by atoms with Crippen molar-refractivity contribution in [3.63, 3.8) is 0 Å². The maximum absolute atomic E-state index is 5.96. The van der Waals surface area contributed by atoms with Gasteiger partial charge in [-0.25, -0.2) is 9.97 Å². The quantitative estimate of drug-likeness (QED) is 0.940. The van der Waals surface area contributed by atoms with Crippen LogP contribution in [-0.4, -0.2) is 36.1 Å². The zero-order valence-electron chi connectivity index (χ0n) is 10.9. The van der Waals surface area contributed by atoms with Crippen molar-refractivity contribution in [2.24, 2.45) is 0 Å². The van der Waals surface area contributed by atoms with E-state index in [1.165, 1.54) is 18.2 Å². The molecule has 2 heterocycles. The first-order valence-corrected chi connectivity index (χ1v) is 6.90. The highest BCUT2D eigenvalue weighted by atomic mass is 35.5. The summed E-state index contributed by atoms with van der Waals surface area (Å²) in [4.78, 5) is 10.2. The summed E-state index contributed by atoms with van der Waals surface area (Å²) in [5.41, 5.74) is 1.20. The number of ether oxygens (including phenoxy) is 1. The van der Waals surface area contributed by atoms with Gasteiger partial charge in [-0.05, 0) is 24.3 Å². The van der Waals surface area contributed by atoms with E-state index in [1.807, 2.05) is 12.1 Å². The Morgan fingerprint density at radius 3 is 2.60 bits per heavy atom. The van der Waals surface area contributed by atoms with Crippen molar-refractivity contribution in [3.8, 4) is 11.6 Å². The number of anilines is 1. The molecule has 0 radical (unpaired) electrons. The number of nitrogens with zero attached hydrogens (tertiary/aromatic N) is 3. The second-order valence-corrected chi connectivity index (χ2v) is 4.92. The highest BCUT2D eigenvalue weighted by Crippen LogP contribution is 2.27. The summed E-state index contributed by atoms with van der Waals surface area (Å²) in [5, 5.41) is 3.74. The fourth-order valence-electron chi connectivity index (χ4n) is 2.14. The topological polar surface area (TPSA) is 50.3 Å². The highest BCUT2D eigenvalue weighted by molar-refractivity contribution is 6.31. The van der Waals surface area contributed by atoms with Crippen LogP contribution in [0.3, 0.4) is 0 Å². The Kier molecular flexibility index (Phi) is 3.99. The Morgan fingerprint density at radius 2 is 1.90 bits per heavy atom. The van der Waals surface area contributed by atoms with Gasteiger partial charge in [0.15, 0.2) is 0 Å². The summed E-state index contributed by atoms with van der Waals surface area (Å²) >= 11 is 5.96. The predicted molar refractivity (Wildman–Crippen MR) is 78.6 cm³/mol. The molecule has 6 heteroatoms. The van der Waals surface area contributed by atoms with Gasteiger partial charge in [-0.2, -0.15) is 0 Å². The van der Waals surface area contributed by atoms with Crippen LogP contribution in [0.25, 0.3) is 0 Å². The van der Waals surface area contributed by atoms with Crippen LogP contribution in [-0.2, 0) is 0 Å². The molecule has 1 aliphatic heterocycles. The second kappa shape index (κ2) is 6.07. The predicted octanol–water partition coefficient (Wildman–Crippen LogP) is 2.33. The van der Waals surface area contributed by atoms with Crippen molar-refractivity contribution >= 4 is 17.3 Å². The van der Waals surface area contributed by atoms with Gasteiger partial charge in [0.2, 0.25) is 5.88 Å². The summed E-state index contributed by atoms with van der Waals surface area (Å²) in [7, 11) is 0. The van der Waals surface area contributed by atoms with Crippen LogP contribution in [0, 0.1) is 0 Å². The first kappa shape index (κ1) is 13.1. The van der Waals surface area contributed by atoms with Crippen molar-refractivity contribution in [1.82, 2.24) is 15.3 Å². The van der Waals surface area contributed by atoms with Gasteiger partial charge in [-0.3, -0.25) is 0 Å². The van der Waals surface area contributed by atoms with E-state index in [-0.39, 0.29) is 0 Å². The molecule has 1 aromatic carbocycles. The maximum atomic E-state index is 5.96. The van der Waals surface area contributed by atoms with E-state index < -0.39 is 0 Å². The molecule has 5 nitrogen and oxygen atoms in total. The Morgan fingerprint density at radius 1 is 1.15 bits per heavy atom. The molecule has 0 aliphatic carbocycles. The monoisotopic (exact) mass is 290 g/mol. The third-order valence-corrected chi connectivity index (χ3v) is 3.43. The van der Waals surface area contributed by atoms with E-state index in [4.69, 9.17) is 16.3 Å². The van der Waals surface area contributed by atoms with Crippen LogP contribution < -0.4 is 15.0 Å². The van der Waals surface area contributed by atoms with Crippen molar-refractivity contribution in [3.05, 3.63) is 41.8 Å². The Bertz CT molecular complexity index is 570. The number of rotatable bonds is 3. The van der Waals surface area contributed by atoms with Crippen molar-refractivity contribution < 1.29 is 4.74 Å². The van der Waals surface area contributed by atoms with Gasteiger partial charge in [0.05, 0.1) is 6.20 Å². The minimum atomic E-state index is 0.372. The average Bonchev–Trinajstić information content (AvgIpc) is 2.51. The summed E-state index contributed by atoms with van der Waals surface area (Å²) in [6.45, 7) is 4.10. The van der Waals surface area contributed by atoms with Crippen LogP contribution in [0.2, 0.25) is 5.02 Å². The van der Waals surface area contributed by atoms with Gasteiger partial charge in [0, 0.05) is 31.9 Å². The van der Waals surface area contributed by atoms with Gasteiger partial charge >= 0.3 is 0 Å². The van der Waals surface area contributed by atoms with Crippen molar-refractivity contribution in [1.29, 1.82) is 0 Å². The van der Waals surface area contributed by atoms with Gasteiger partial charge in [-0.15, -0.1) is 0 Å². The Balaban J connectivity index is 1.71. The SMILES string of the molecule is Clc1cncnc1Oc1ccc(N2CCNCC2)cc1. The molecule has 0 amide bonds. The van der Waals surface area contributed by atoms with E-state index in [9.17, 15) is 0 Å².